The van der Waals surface area contributed by atoms with Crippen molar-refractivity contribution < 1.29 is 24.2 Å². The van der Waals surface area contributed by atoms with Gasteiger partial charge in [-0.1, -0.05) is 27.2 Å². The molecule has 1 fully saturated rings. The van der Waals surface area contributed by atoms with Gasteiger partial charge in [-0.05, 0) is 69.6 Å². The van der Waals surface area contributed by atoms with Crippen LogP contribution in [-0.2, 0) is 11.3 Å². The number of imidazole rings is 1. The zero-order chi connectivity index (χ0) is 26.1. The van der Waals surface area contributed by atoms with Crippen LogP contribution in [0.15, 0.2) is 23.0 Å². The van der Waals surface area contributed by atoms with Crippen molar-refractivity contribution >= 4 is 29.0 Å². The topological polar surface area (TPSA) is 120 Å². The second-order valence-electron chi connectivity index (χ2n) is 11.0. The molecule has 1 aromatic carbocycles. The molecule has 2 N–H and O–H groups in total. The van der Waals surface area contributed by atoms with Crippen LogP contribution >= 0.6 is 0 Å². The lowest BCUT2D eigenvalue weighted by Gasteiger charge is -2.36. The number of aromatic nitrogens is 2. The van der Waals surface area contributed by atoms with E-state index in [-0.39, 0.29) is 36.4 Å². The maximum Gasteiger partial charge on any atom is 0.407 e. The number of carbonyl (C=O) groups is 3. The number of nitrogens with zero attached hydrogens (tertiary/aromatic N) is 2. The molecule has 0 spiro atoms. The molecule has 9 nitrogen and oxygen atoms in total. The van der Waals surface area contributed by atoms with E-state index in [1.807, 2.05) is 0 Å². The number of carbonyl (C=O) groups excluding carboxylic acids is 2. The summed E-state index contributed by atoms with van der Waals surface area (Å²) in [4.78, 5) is 51.0. The molecule has 1 aromatic heterocycles. The molecule has 0 bridgehead atoms. The van der Waals surface area contributed by atoms with E-state index in [4.69, 9.17) is 4.74 Å². The summed E-state index contributed by atoms with van der Waals surface area (Å²) in [5.41, 5.74) is -0.451. The Bertz CT molecular complexity index is 1170. The fraction of sp³-hybridized carbons (Fsp3) is 0.615. The van der Waals surface area contributed by atoms with Crippen molar-refractivity contribution in [2.24, 2.45) is 23.7 Å². The van der Waals surface area contributed by atoms with Crippen molar-refractivity contribution in [2.75, 3.05) is 6.54 Å². The minimum absolute atomic E-state index is 0.0160. The second-order valence-corrected chi connectivity index (χ2v) is 11.0. The maximum absolute atomic E-state index is 13.8. The first kappa shape index (κ1) is 26.5. The number of amides is 1. The van der Waals surface area contributed by atoms with Crippen molar-refractivity contribution in [3.05, 3.63) is 34.2 Å². The summed E-state index contributed by atoms with van der Waals surface area (Å²) >= 11 is 0. The van der Waals surface area contributed by atoms with Gasteiger partial charge in [-0.15, -0.1) is 0 Å². The molecule has 1 heterocycles. The predicted octanol–water partition coefficient (Wildman–Crippen LogP) is 4.37. The third kappa shape index (κ3) is 5.94. The lowest BCUT2D eigenvalue weighted by atomic mass is 9.69. The molecule has 3 atom stereocenters. The molecule has 35 heavy (non-hydrogen) atoms. The van der Waals surface area contributed by atoms with Crippen LogP contribution in [0.3, 0.4) is 0 Å². The molecule has 0 saturated heterocycles. The summed E-state index contributed by atoms with van der Waals surface area (Å²) in [5, 5.41) is 12.1. The van der Waals surface area contributed by atoms with Crippen LogP contribution in [0.5, 0.6) is 0 Å². The first-order valence-corrected chi connectivity index (χ1v) is 12.3. The van der Waals surface area contributed by atoms with E-state index in [1.165, 1.54) is 27.3 Å². The summed E-state index contributed by atoms with van der Waals surface area (Å²) in [7, 11) is 0. The average Bonchev–Trinajstić information content (AvgIpc) is 3.02. The van der Waals surface area contributed by atoms with Gasteiger partial charge in [0.2, 0.25) is 5.91 Å². The second kappa shape index (κ2) is 10.3. The molecule has 192 valence electrons. The van der Waals surface area contributed by atoms with Gasteiger partial charge in [0.25, 0.3) is 0 Å². The van der Waals surface area contributed by atoms with E-state index in [0.29, 0.717) is 29.3 Å². The van der Waals surface area contributed by atoms with Crippen LogP contribution in [-0.4, -0.2) is 44.4 Å². The molecule has 0 unspecified atom stereocenters. The number of carboxylic acids is 1. The van der Waals surface area contributed by atoms with Gasteiger partial charge < -0.3 is 15.2 Å². The van der Waals surface area contributed by atoms with Crippen LogP contribution in [0.25, 0.3) is 11.0 Å². The number of alkyl carbamates (subject to hydrolysis) is 1. The quantitative estimate of drug-likeness (QED) is 0.624. The zero-order valence-electron chi connectivity index (χ0n) is 21.5. The Kier molecular flexibility index (Phi) is 7.77. The zero-order valence-corrected chi connectivity index (χ0v) is 21.5. The highest BCUT2D eigenvalue weighted by Crippen LogP contribution is 2.39. The van der Waals surface area contributed by atoms with Gasteiger partial charge in [0.05, 0.1) is 16.6 Å². The van der Waals surface area contributed by atoms with Crippen LogP contribution < -0.4 is 11.0 Å². The van der Waals surface area contributed by atoms with Crippen molar-refractivity contribution in [3.8, 4) is 0 Å². The molecule has 1 aliphatic carbocycles. The monoisotopic (exact) mass is 487 g/mol. The highest BCUT2D eigenvalue weighted by molar-refractivity contribution is 5.96. The van der Waals surface area contributed by atoms with E-state index in [1.54, 1.807) is 20.8 Å². The van der Waals surface area contributed by atoms with Crippen molar-refractivity contribution in [3.63, 3.8) is 0 Å². The van der Waals surface area contributed by atoms with Crippen LogP contribution in [0.2, 0.25) is 0 Å². The number of benzene rings is 1. The number of ether oxygens (including phenoxy) is 1. The van der Waals surface area contributed by atoms with Gasteiger partial charge in [0.1, 0.15) is 5.60 Å². The Labute approximate surface area is 205 Å². The normalized spacial score (nSPS) is 20.7. The number of carboxylic acid groups (broad SMARTS) is 1. The summed E-state index contributed by atoms with van der Waals surface area (Å²) in [6, 6.07) is 4.33. The summed E-state index contributed by atoms with van der Waals surface area (Å²) in [5.74, 6) is -0.785. The number of nitrogens with one attached hydrogen (secondary N) is 1. The van der Waals surface area contributed by atoms with Crippen molar-refractivity contribution in [1.82, 2.24) is 14.5 Å². The molecule has 0 radical (unpaired) electrons. The Hall–Kier alpha value is -3.10. The first-order chi connectivity index (χ1) is 16.3. The average molecular weight is 488 g/mol. The number of rotatable bonds is 6. The summed E-state index contributed by atoms with van der Waals surface area (Å²) in [6.07, 6.45) is 2.09. The number of hydrogen-bond acceptors (Lipinski definition) is 5. The molecule has 2 aromatic rings. The van der Waals surface area contributed by atoms with Crippen LogP contribution in [0.1, 0.15) is 76.0 Å². The van der Waals surface area contributed by atoms with Gasteiger partial charge in [-0.25, -0.2) is 19.0 Å². The standard InChI is InChI=1S/C26H37N3O6/c1-15(2)18-9-7-16(3)13-19(18)22(30)29-20-10-8-17(23(31)32)14-21(20)28(25(29)34)12-11-27-24(33)35-26(4,5)6/h8,10,14-16,18-19H,7,9,11-13H2,1-6H3,(H,27,33)(H,31,32)/t16-,18+,19-/m1/s1. The van der Waals surface area contributed by atoms with Crippen molar-refractivity contribution in [1.29, 1.82) is 0 Å². The lowest BCUT2D eigenvalue weighted by Crippen LogP contribution is -2.41. The molecule has 3 rings (SSSR count). The molecule has 9 heteroatoms. The van der Waals surface area contributed by atoms with E-state index < -0.39 is 23.4 Å². The molecular formula is C26H37N3O6. The smallest absolute Gasteiger partial charge is 0.407 e. The van der Waals surface area contributed by atoms with Gasteiger partial charge in [-0.2, -0.15) is 0 Å². The number of aromatic carboxylic acids is 1. The third-order valence-corrected chi connectivity index (χ3v) is 6.74. The largest absolute Gasteiger partial charge is 0.478 e. The minimum atomic E-state index is -1.13. The molecule has 1 amide bonds. The van der Waals surface area contributed by atoms with E-state index >= 15 is 0 Å². The fourth-order valence-corrected chi connectivity index (χ4v) is 5.05. The van der Waals surface area contributed by atoms with E-state index in [9.17, 15) is 24.3 Å². The van der Waals surface area contributed by atoms with Crippen LogP contribution in [0.4, 0.5) is 4.79 Å². The number of fused-ring (bicyclic) bond motifs is 1. The minimum Gasteiger partial charge on any atom is -0.478 e. The Morgan fingerprint density at radius 2 is 1.86 bits per heavy atom. The SMILES string of the molecule is CC(C)[C@@H]1CC[C@@H](C)C[C@H]1C(=O)n1c(=O)n(CCNC(=O)OC(C)(C)C)c2cc(C(=O)O)ccc21. The van der Waals surface area contributed by atoms with Crippen molar-refractivity contribution in [2.45, 2.75) is 73.0 Å². The molecule has 0 aliphatic heterocycles. The predicted molar refractivity (Wildman–Crippen MR) is 133 cm³/mol. The van der Waals surface area contributed by atoms with Gasteiger partial charge in [0, 0.05) is 19.0 Å². The first-order valence-electron chi connectivity index (χ1n) is 12.3. The number of hydrogen-bond donors (Lipinski definition) is 2. The van der Waals surface area contributed by atoms with Gasteiger partial charge >= 0.3 is 17.8 Å². The third-order valence-electron chi connectivity index (χ3n) is 6.74. The summed E-state index contributed by atoms with van der Waals surface area (Å²) < 4.78 is 7.79. The summed E-state index contributed by atoms with van der Waals surface area (Å²) in [6.45, 7) is 11.7. The van der Waals surface area contributed by atoms with Gasteiger partial charge in [-0.3, -0.25) is 9.36 Å². The Morgan fingerprint density at radius 1 is 1.17 bits per heavy atom. The van der Waals surface area contributed by atoms with E-state index in [2.05, 4.69) is 26.1 Å². The Balaban J connectivity index is 2.00. The fourth-order valence-electron chi connectivity index (χ4n) is 5.05. The van der Waals surface area contributed by atoms with E-state index in [0.717, 1.165) is 12.8 Å². The molecule has 1 saturated carbocycles. The lowest BCUT2D eigenvalue weighted by molar-refractivity contribution is 0.0524. The Morgan fingerprint density at radius 3 is 2.46 bits per heavy atom. The highest BCUT2D eigenvalue weighted by atomic mass is 16.6. The maximum atomic E-state index is 13.8. The highest BCUT2D eigenvalue weighted by Gasteiger charge is 2.37. The molecule has 1 aliphatic rings. The molecular weight excluding hydrogens is 450 g/mol. The van der Waals surface area contributed by atoms with Gasteiger partial charge in [0.15, 0.2) is 0 Å². The van der Waals surface area contributed by atoms with Crippen LogP contribution in [0, 0.1) is 23.7 Å².